The second-order valence-corrected chi connectivity index (χ2v) is 6.19. The SMILES string of the molecule is CCOC(=O)C1([C@H]2CN(OCc3ccccc3)C(=C=O)[C@H]2F)CC1. The van der Waals surface area contributed by atoms with Crippen molar-refractivity contribution in [2.24, 2.45) is 11.3 Å². The lowest BCUT2D eigenvalue weighted by Crippen LogP contribution is -2.33. The number of esters is 1. The molecule has 24 heavy (non-hydrogen) atoms. The van der Waals surface area contributed by atoms with Crippen molar-refractivity contribution in [3.8, 4) is 0 Å². The summed E-state index contributed by atoms with van der Waals surface area (Å²) in [7, 11) is 0. The summed E-state index contributed by atoms with van der Waals surface area (Å²) < 4.78 is 19.8. The lowest BCUT2D eigenvalue weighted by molar-refractivity contribution is -0.155. The maximum absolute atomic E-state index is 14.7. The lowest BCUT2D eigenvalue weighted by atomic mass is 9.86. The number of carbonyl (C=O) groups excluding carboxylic acids is 2. The molecule has 0 amide bonds. The molecule has 0 spiro atoms. The first-order valence-electron chi connectivity index (χ1n) is 8.13. The molecule has 6 heteroatoms. The fraction of sp³-hybridized carbons (Fsp3) is 0.500. The van der Waals surface area contributed by atoms with Gasteiger partial charge in [0.25, 0.3) is 0 Å². The third-order valence-corrected chi connectivity index (χ3v) is 4.76. The van der Waals surface area contributed by atoms with Crippen molar-refractivity contribution >= 4 is 11.9 Å². The molecule has 2 aliphatic rings. The minimum Gasteiger partial charge on any atom is -0.466 e. The Morgan fingerprint density at radius 2 is 2.08 bits per heavy atom. The number of hydrogen-bond donors (Lipinski definition) is 0. The second kappa shape index (κ2) is 6.75. The van der Waals surface area contributed by atoms with Gasteiger partial charge in [-0.15, -0.1) is 0 Å². The van der Waals surface area contributed by atoms with E-state index in [9.17, 15) is 14.0 Å². The van der Waals surface area contributed by atoms with Gasteiger partial charge in [-0.05, 0) is 25.3 Å². The summed E-state index contributed by atoms with van der Waals surface area (Å²) in [5.74, 6) is 0.624. The van der Waals surface area contributed by atoms with E-state index in [1.807, 2.05) is 30.3 Å². The first-order chi connectivity index (χ1) is 11.6. The zero-order chi connectivity index (χ0) is 17.2. The van der Waals surface area contributed by atoms with E-state index in [0.717, 1.165) is 5.56 Å². The normalized spacial score (nSPS) is 24.6. The topological polar surface area (TPSA) is 55.8 Å². The first kappa shape index (κ1) is 16.7. The van der Waals surface area contributed by atoms with Gasteiger partial charge < -0.3 is 4.74 Å². The Morgan fingerprint density at radius 1 is 1.38 bits per heavy atom. The highest BCUT2D eigenvalue weighted by Crippen LogP contribution is 2.57. The van der Waals surface area contributed by atoms with E-state index in [1.165, 1.54) is 5.06 Å². The molecule has 3 rings (SSSR count). The maximum Gasteiger partial charge on any atom is 0.312 e. The maximum atomic E-state index is 14.7. The molecule has 0 unspecified atom stereocenters. The van der Waals surface area contributed by atoms with Crippen LogP contribution in [0.5, 0.6) is 0 Å². The zero-order valence-corrected chi connectivity index (χ0v) is 13.5. The van der Waals surface area contributed by atoms with E-state index >= 15 is 0 Å². The van der Waals surface area contributed by atoms with Crippen LogP contribution in [0.25, 0.3) is 0 Å². The van der Waals surface area contributed by atoms with E-state index in [0.29, 0.717) is 12.8 Å². The van der Waals surface area contributed by atoms with Crippen molar-refractivity contribution in [3.05, 3.63) is 41.6 Å². The van der Waals surface area contributed by atoms with Gasteiger partial charge in [-0.1, -0.05) is 30.3 Å². The van der Waals surface area contributed by atoms with Crippen LogP contribution >= 0.6 is 0 Å². The third-order valence-electron chi connectivity index (χ3n) is 4.76. The number of alkyl halides is 1. The summed E-state index contributed by atoms with van der Waals surface area (Å²) in [5.41, 5.74) is -0.0952. The summed E-state index contributed by atoms with van der Waals surface area (Å²) in [6.45, 7) is 2.35. The molecule has 1 saturated carbocycles. The van der Waals surface area contributed by atoms with Crippen LogP contribution in [0.4, 0.5) is 4.39 Å². The molecule has 1 aliphatic heterocycles. The van der Waals surface area contributed by atoms with E-state index < -0.39 is 17.5 Å². The molecule has 0 radical (unpaired) electrons. The average Bonchev–Trinajstić information content (AvgIpc) is 3.34. The summed E-state index contributed by atoms with van der Waals surface area (Å²) >= 11 is 0. The van der Waals surface area contributed by atoms with Crippen molar-refractivity contribution in [3.63, 3.8) is 0 Å². The van der Waals surface area contributed by atoms with Gasteiger partial charge in [-0.3, -0.25) is 9.63 Å². The van der Waals surface area contributed by atoms with Gasteiger partial charge in [-0.25, -0.2) is 14.2 Å². The molecule has 2 fully saturated rings. The minimum absolute atomic E-state index is 0.150. The Hall–Kier alpha value is -2.17. The molecule has 0 bridgehead atoms. The Kier molecular flexibility index (Phi) is 4.69. The summed E-state index contributed by atoms with van der Waals surface area (Å²) in [4.78, 5) is 29.0. The molecule has 2 atom stereocenters. The molecule has 5 nitrogen and oxygen atoms in total. The van der Waals surface area contributed by atoms with Crippen LogP contribution in [0.2, 0.25) is 0 Å². The number of allylic oxidation sites excluding steroid dienone is 1. The highest BCUT2D eigenvalue weighted by Gasteiger charge is 2.63. The number of rotatable bonds is 6. The third kappa shape index (κ3) is 2.95. The Morgan fingerprint density at radius 3 is 2.67 bits per heavy atom. The Labute approximate surface area is 140 Å². The number of ether oxygens (including phenoxy) is 1. The fourth-order valence-corrected chi connectivity index (χ4v) is 3.24. The first-order valence-corrected chi connectivity index (χ1v) is 8.13. The summed E-state index contributed by atoms with van der Waals surface area (Å²) in [6, 6.07) is 9.40. The summed E-state index contributed by atoms with van der Waals surface area (Å²) in [5, 5.41) is 1.24. The quantitative estimate of drug-likeness (QED) is 0.591. The van der Waals surface area contributed by atoms with Gasteiger partial charge in [-0.2, -0.15) is 0 Å². The average molecular weight is 333 g/mol. The smallest absolute Gasteiger partial charge is 0.312 e. The predicted molar refractivity (Wildman–Crippen MR) is 83.8 cm³/mol. The number of hydroxylamine groups is 2. The van der Waals surface area contributed by atoms with E-state index in [1.54, 1.807) is 12.9 Å². The van der Waals surface area contributed by atoms with Crippen LogP contribution in [0.3, 0.4) is 0 Å². The van der Waals surface area contributed by atoms with Crippen LogP contribution in [0.1, 0.15) is 25.3 Å². The molecular weight excluding hydrogens is 313 g/mol. The molecular formula is C18H20FNO4. The van der Waals surface area contributed by atoms with Crippen molar-refractivity contribution in [2.45, 2.75) is 32.5 Å². The number of hydrogen-bond acceptors (Lipinski definition) is 5. The highest BCUT2D eigenvalue weighted by molar-refractivity contribution is 5.81. The molecule has 0 aromatic heterocycles. The van der Waals surface area contributed by atoms with Gasteiger partial charge in [0.05, 0.1) is 25.2 Å². The van der Waals surface area contributed by atoms with Crippen molar-refractivity contribution in [2.75, 3.05) is 13.2 Å². The van der Waals surface area contributed by atoms with Crippen LogP contribution in [-0.2, 0) is 25.8 Å². The largest absolute Gasteiger partial charge is 0.466 e. The molecule has 1 aromatic carbocycles. The van der Waals surface area contributed by atoms with Gasteiger partial charge >= 0.3 is 5.97 Å². The highest BCUT2D eigenvalue weighted by atomic mass is 19.1. The minimum atomic E-state index is -1.56. The van der Waals surface area contributed by atoms with Crippen LogP contribution in [0.15, 0.2) is 36.0 Å². The monoisotopic (exact) mass is 333 g/mol. The van der Waals surface area contributed by atoms with Crippen LogP contribution in [-0.4, -0.2) is 36.3 Å². The molecule has 1 aromatic rings. The van der Waals surface area contributed by atoms with Gasteiger partial charge in [0, 0.05) is 5.92 Å². The molecule has 128 valence electrons. The van der Waals surface area contributed by atoms with Crippen molar-refractivity contribution in [1.82, 2.24) is 5.06 Å². The Balaban J connectivity index is 1.71. The number of benzene rings is 1. The number of halogens is 1. The standard InChI is InChI=1S/C18H20FNO4/c1-2-23-17(22)18(8-9-18)14-10-20(15(11-21)16(14)19)24-12-13-6-4-3-5-7-13/h3-7,14,16H,2,8-10,12H2,1H3/t14-,16-/m0/s1. The van der Waals surface area contributed by atoms with Gasteiger partial charge in [0.15, 0.2) is 17.8 Å². The molecule has 0 N–H and O–H groups in total. The number of nitrogens with zero attached hydrogens (tertiary/aromatic N) is 1. The van der Waals surface area contributed by atoms with E-state index in [2.05, 4.69) is 0 Å². The molecule has 1 saturated heterocycles. The van der Waals surface area contributed by atoms with E-state index in [4.69, 9.17) is 9.57 Å². The van der Waals surface area contributed by atoms with Crippen LogP contribution in [0, 0.1) is 11.3 Å². The van der Waals surface area contributed by atoms with E-state index in [-0.39, 0.29) is 31.4 Å². The Bertz CT molecular complexity index is 652. The fourth-order valence-electron chi connectivity index (χ4n) is 3.24. The zero-order valence-electron chi connectivity index (χ0n) is 13.5. The van der Waals surface area contributed by atoms with Gasteiger partial charge in [0.2, 0.25) is 0 Å². The van der Waals surface area contributed by atoms with Crippen molar-refractivity contribution < 1.29 is 23.6 Å². The number of carbonyl (C=O) groups is 1. The second-order valence-electron chi connectivity index (χ2n) is 6.19. The summed E-state index contributed by atoms with van der Waals surface area (Å²) in [6.07, 6.45) is -0.407. The predicted octanol–water partition coefficient (Wildman–Crippen LogP) is 2.45. The molecule has 1 heterocycles. The van der Waals surface area contributed by atoms with Gasteiger partial charge in [0.1, 0.15) is 0 Å². The van der Waals surface area contributed by atoms with Crippen molar-refractivity contribution in [1.29, 1.82) is 0 Å². The lowest BCUT2D eigenvalue weighted by Gasteiger charge is -2.22. The van der Waals surface area contributed by atoms with Crippen LogP contribution < -0.4 is 0 Å². The molecule has 1 aliphatic carbocycles.